The molecule has 1 aliphatic rings. The number of ether oxygens (including phenoxy) is 1. The summed E-state index contributed by atoms with van der Waals surface area (Å²) < 4.78 is 6.46. The highest BCUT2D eigenvalue weighted by Crippen LogP contribution is 2.34. The summed E-state index contributed by atoms with van der Waals surface area (Å²) in [6.07, 6.45) is 2.92. The van der Waals surface area contributed by atoms with Gasteiger partial charge >= 0.3 is 5.97 Å². The van der Waals surface area contributed by atoms with Gasteiger partial charge < -0.3 is 10.5 Å². The van der Waals surface area contributed by atoms with E-state index in [2.05, 4.69) is 20.3 Å². The lowest BCUT2D eigenvalue weighted by molar-refractivity contribution is -0.142. The molecule has 0 aliphatic heterocycles. The van der Waals surface area contributed by atoms with Gasteiger partial charge in [0.15, 0.2) is 5.82 Å². The lowest BCUT2D eigenvalue weighted by Gasteiger charge is -2.08. The molecule has 0 amide bonds. The Morgan fingerprint density at radius 1 is 1.67 bits per heavy atom. The fraction of sp³-hybridized carbons (Fsp3) is 0.800. The molecule has 18 heavy (non-hydrogen) atoms. The second kappa shape index (κ2) is 6.14. The summed E-state index contributed by atoms with van der Waals surface area (Å²) in [5, 5.41) is 11.7. The molecule has 2 rings (SSSR count). The van der Waals surface area contributed by atoms with E-state index in [-0.39, 0.29) is 5.97 Å². The second-order valence-corrected chi connectivity index (χ2v) is 5.35. The SMILES string of the molecule is COC(=O)C(N)CCSCc1nnnn1C1CC1. The lowest BCUT2D eigenvalue weighted by Crippen LogP contribution is -2.32. The molecular weight excluding hydrogens is 254 g/mol. The molecule has 0 aromatic carbocycles. The first-order chi connectivity index (χ1) is 8.72. The maximum atomic E-state index is 11.1. The Balaban J connectivity index is 1.69. The molecule has 1 aromatic heterocycles. The summed E-state index contributed by atoms with van der Waals surface area (Å²) in [6, 6.07) is -0.0464. The molecule has 0 radical (unpaired) electrons. The molecule has 0 spiro atoms. The summed E-state index contributed by atoms with van der Waals surface area (Å²) in [5.41, 5.74) is 5.64. The number of carbonyl (C=O) groups excluding carboxylic acids is 1. The first kappa shape index (κ1) is 13.3. The van der Waals surface area contributed by atoms with Crippen molar-refractivity contribution in [1.29, 1.82) is 0 Å². The highest BCUT2D eigenvalue weighted by molar-refractivity contribution is 7.98. The van der Waals surface area contributed by atoms with Crippen LogP contribution in [0.3, 0.4) is 0 Å². The van der Waals surface area contributed by atoms with Crippen LogP contribution in [0.25, 0.3) is 0 Å². The Kier molecular flexibility index (Phi) is 4.54. The minimum absolute atomic E-state index is 0.363. The Bertz CT molecular complexity index is 407. The lowest BCUT2D eigenvalue weighted by atomic mass is 10.2. The highest BCUT2D eigenvalue weighted by atomic mass is 32.2. The predicted octanol–water partition coefficient (Wildman–Crippen LogP) is 0.132. The van der Waals surface area contributed by atoms with Gasteiger partial charge in [-0.25, -0.2) is 4.68 Å². The third kappa shape index (κ3) is 3.42. The Morgan fingerprint density at radius 2 is 2.44 bits per heavy atom. The Morgan fingerprint density at radius 3 is 3.11 bits per heavy atom. The first-order valence-electron chi connectivity index (χ1n) is 5.90. The van der Waals surface area contributed by atoms with E-state index in [0.29, 0.717) is 12.5 Å². The van der Waals surface area contributed by atoms with E-state index in [4.69, 9.17) is 5.73 Å². The first-order valence-corrected chi connectivity index (χ1v) is 7.05. The fourth-order valence-corrected chi connectivity index (χ4v) is 2.49. The van der Waals surface area contributed by atoms with Gasteiger partial charge in [0.1, 0.15) is 6.04 Å². The van der Waals surface area contributed by atoms with E-state index in [1.165, 1.54) is 7.11 Å². The summed E-state index contributed by atoms with van der Waals surface area (Å²) in [5.74, 6) is 2.07. The summed E-state index contributed by atoms with van der Waals surface area (Å²) >= 11 is 1.68. The number of nitrogens with two attached hydrogens (primary N) is 1. The van der Waals surface area contributed by atoms with Gasteiger partial charge in [-0.3, -0.25) is 4.79 Å². The molecule has 1 heterocycles. The van der Waals surface area contributed by atoms with Crippen LogP contribution in [0, 0.1) is 0 Å². The number of tetrazole rings is 1. The molecule has 1 fully saturated rings. The molecule has 0 bridgehead atoms. The van der Waals surface area contributed by atoms with Crippen LogP contribution in [-0.4, -0.2) is 45.1 Å². The average molecular weight is 271 g/mol. The van der Waals surface area contributed by atoms with Gasteiger partial charge in [0.05, 0.1) is 18.9 Å². The molecule has 1 aromatic rings. The molecule has 1 atom stereocenters. The minimum Gasteiger partial charge on any atom is -0.468 e. The molecule has 1 unspecified atom stereocenters. The molecule has 8 heteroatoms. The summed E-state index contributed by atoms with van der Waals surface area (Å²) in [4.78, 5) is 11.1. The Hall–Kier alpha value is -1.15. The number of aromatic nitrogens is 4. The van der Waals surface area contributed by atoms with E-state index in [1.807, 2.05) is 4.68 Å². The largest absolute Gasteiger partial charge is 0.468 e. The fourth-order valence-electron chi connectivity index (χ4n) is 1.55. The van der Waals surface area contributed by atoms with Crippen LogP contribution >= 0.6 is 11.8 Å². The van der Waals surface area contributed by atoms with Crippen LogP contribution in [0.4, 0.5) is 0 Å². The molecular formula is C10H17N5O2S. The highest BCUT2D eigenvalue weighted by Gasteiger charge is 2.27. The molecule has 1 saturated carbocycles. The molecule has 100 valence electrons. The molecule has 2 N–H and O–H groups in total. The van der Waals surface area contributed by atoms with Crippen LogP contribution in [0.5, 0.6) is 0 Å². The number of hydrogen-bond donors (Lipinski definition) is 1. The van der Waals surface area contributed by atoms with E-state index >= 15 is 0 Å². The van der Waals surface area contributed by atoms with Crippen molar-refractivity contribution in [2.75, 3.05) is 12.9 Å². The number of hydrogen-bond acceptors (Lipinski definition) is 7. The third-order valence-corrected chi connectivity index (χ3v) is 3.75. The van der Waals surface area contributed by atoms with Crippen LogP contribution in [0.15, 0.2) is 0 Å². The maximum Gasteiger partial charge on any atom is 0.322 e. The van der Waals surface area contributed by atoms with Crippen molar-refractivity contribution in [3.05, 3.63) is 5.82 Å². The normalized spacial score (nSPS) is 16.6. The average Bonchev–Trinajstić information content (AvgIpc) is 3.13. The molecule has 7 nitrogen and oxygen atoms in total. The second-order valence-electron chi connectivity index (χ2n) is 4.24. The number of carbonyl (C=O) groups is 1. The van der Waals surface area contributed by atoms with Crippen LogP contribution < -0.4 is 5.73 Å². The monoisotopic (exact) mass is 271 g/mol. The molecule has 0 saturated heterocycles. The van der Waals surface area contributed by atoms with Crippen molar-refractivity contribution >= 4 is 17.7 Å². The van der Waals surface area contributed by atoms with E-state index < -0.39 is 6.04 Å². The van der Waals surface area contributed by atoms with Crippen molar-refractivity contribution < 1.29 is 9.53 Å². The minimum atomic E-state index is -0.540. The van der Waals surface area contributed by atoms with Gasteiger partial charge in [-0.05, 0) is 35.4 Å². The topological polar surface area (TPSA) is 95.9 Å². The quantitative estimate of drug-likeness (QED) is 0.556. The smallest absolute Gasteiger partial charge is 0.322 e. The van der Waals surface area contributed by atoms with Crippen molar-refractivity contribution in [1.82, 2.24) is 20.2 Å². The van der Waals surface area contributed by atoms with E-state index in [9.17, 15) is 4.79 Å². The number of esters is 1. The van der Waals surface area contributed by atoms with E-state index in [1.54, 1.807) is 11.8 Å². The predicted molar refractivity (Wildman–Crippen MR) is 66.9 cm³/mol. The van der Waals surface area contributed by atoms with Gasteiger partial charge in [0.2, 0.25) is 0 Å². The van der Waals surface area contributed by atoms with Crippen molar-refractivity contribution in [3.63, 3.8) is 0 Å². The third-order valence-electron chi connectivity index (χ3n) is 2.76. The van der Waals surface area contributed by atoms with Gasteiger partial charge in [-0.1, -0.05) is 0 Å². The number of rotatable bonds is 7. The molecule has 1 aliphatic carbocycles. The van der Waals surface area contributed by atoms with Crippen molar-refractivity contribution in [2.45, 2.75) is 37.1 Å². The maximum absolute atomic E-state index is 11.1. The van der Waals surface area contributed by atoms with Crippen LogP contribution in [0.2, 0.25) is 0 Å². The van der Waals surface area contributed by atoms with Crippen molar-refractivity contribution in [2.24, 2.45) is 5.73 Å². The standard InChI is InChI=1S/C10H17N5O2S/c1-17-10(16)8(11)4-5-18-6-9-12-13-14-15(9)7-2-3-7/h7-8H,2-6,11H2,1H3. The summed E-state index contributed by atoms with van der Waals surface area (Å²) in [6.45, 7) is 0. The van der Waals surface area contributed by atoms with Gasteiger partial charge in [-0.2, -0.15) is 11.8 Å². The zero-order valence-electron chi connectivity index (χ0n) is 10.3. The van der Waals surface area contributed by atoms with Crippen LogP contribution in [-0.2, 0) is 15.3 Å². The van der Waals surface area contributed by atoms with Gasteiger partial charge in [-0.15, -0.1) is 5.10 Å². The van der Waals surface area contributed by atoms with Gasteiger partial charge in [0.25, 0.3) is 0 Å². The number of thioether (sulfide) groups is 1. The van der Waals surface area contributed by atoms with Gasteiger partial charge in [0, 0.05) is 0 Å². The van der Waals surface area contributed by atoms with E-state index in [0.717, 1.165) is 30.2 Å². The summed E-state index contributed by atoms with van der Waals surface area (Å²) in [7, 11) is 1.35. The number of methoxy groups -OCH3 is 1. The zero-order valence-corrected chi connectivity index (χ0v) is 11.1. The zero-order chi connectivity index (χ0) is 13.0. The number of nitrogens with zero attached hydrogens (tertiary/aromatic N) is 4. The van der Waals surface area contributed by atoms with Crippen LogP contribution in [0.1, 0.15) is 31.1 Å². The van der Waals surface area contributed by atoms with Crippen molar-refractivity contribution in [3.8, 4) is 0 Å². The Labute approximate surface area is 109 Å².